The molecule has 1 atom stereocenters. The monoisotopic (exact) mass is 317 g/mol. The van der Waals surface area contributed by atoms with E-state index in [0.29, 0.717) is 13.1 Å². The van der Waals surface area contributed by atoms with Gasteiger partial charge in [0.25, 0.3) is 0 Å². The van der Waals surface area contributed by atoms with Gasteiger partial charge in [0.2, 0.25) is 11.8 Å². The van der Waals surface area contributed by atoms with Crippen molar-refractivity contribution in [3.8, 4) is 0 Å². The molecule has 0 spiro atoms. The van der Waals surface area contributed by atoms with Crippen LogP contribution in [0.4, 0.5) is 5.69 Å². The molecule has 5 heteroatoms. The van der Waals surface area contributed by atoms with E-state index in [-0.39, 0.29) is 23.3 Å². The van der Waals surface area contributed by atoms with E-state index in [1.165, 1.54) is 0 Å². The predicted molar refractivity (Wildman–Crippen MR) is 92.1 cm³/mol. The Balaban J connectivity index is 1.85. The number of hydrogen-bond acceptors (Lipinski definition) is 3. The van der Waals surface area contributed by atoms with Gasteiger partial charge in [-0.2, -0.15) is 0 Å². The second kappa shape index (κ2) is 7.59. The van der Waals surface area contributed by atoms with Crippen LogP contribution in [0.5, 0.6) is 0 Å². The Labute approximate surface area is 138 Å². The maximum atomic E-state index is 12.4. The van der Waals surface area contributed by atoms with E-state index in [0.717, 1.165) is 25.1 Å². The summed E-state index contributed by atoms with van der Waals surface area (Å²) in [5.41, 5.74) is 0.594. The molecule has 1 heterocycles. The Kier molecular flexibility index (Phi) is 5.77. The van der Waals surface area contributed by atoms with Crippen molar-refractivity contribution in [2.45, 2.75) is 39.2 Å². The first-order valence-electron chi connectivity index (χ1n) is 8.23. The zero-order chi connectivity index (χ0) is 16.9. The van der Waals surface area contributed by atoms with Gasteiger partial charge in [-0.15, -0.1) is 0 Å². The summed E-state index contributed by atoms with van der Waals surface area (Å²) in [5.74, 6) is -0.00913. The third-order valence-corrected chi connectivity index (χ3v) is 3.80. The molecule has 1 aromatic rings. The lowest BCUT2D eigenvalue weighted by Crippen LogP contribution is -2.49. The Morgan fingerprint density at radius 1 is 1.22 bits per heavy atom. The minimum Gasteiger partial charge on any atom is -0.350 e. The van der Waals surface area contributed by atoms with E-state index in [1.54, 1.807) is 0 Å². The summed E-state index contributed by atoms with van der Waals surface area (Å²) < 4.78 is 0. The van der Waals surface area contributed by atoms with E-state index < -0.39 is 0 Å². The Morgan fingerprint density at radius 2 is 1.91 bits per heavy atom. The van der Waals surface area contributed by atoms with Crippen LogP contribution in [0.25, 0.3) is 0 Å². The van der Waals surface area contributed by atoms with Crippen molar-refractivity contribution in [3.05, 3.63) is 30.3 Å². The van der Waals surface area contributed by atoms with E-state index >= 15 is 0 Å². The molecule has 0 aliphatic carbocycles. The molecule has 1 unspecified atom stereocenters. The van der Waals surface area contributed by atoms with E-state index in [2.05, 4.69) is 15.5 Å². The molecule has 0 saturated carbocycles. The van der Waals surface area contributed by atoms with Gasteiger partial charge in [0.15, 0.2) is 0 Å². The van der Waals surface area contributed by atoms with Gasteiger partial charge in [-0.25, -0.2) is 0 Å². The number of likely N-dealkylation sites (tertiary alicyclic amines) is 1. The van der Waals surface area contributed by atoms with Gasteiger partial charge in [0.05, 0.1) is 12.5 Å². The highest BCUT2D eigenvalue weighted by atomic mass is 16.2. The lowest BCUT2D eigenvalue weighted by atomic mass is 9.97. The maximum Gasteiger partial charge on any atom is 0.234 e. The molecule has 5 nitrogen and oxygen atoms in total. The summed E-state index contributed by atoms with van der Waals surface area (Å²) >= 11 is 0. The smallest absolute Gasteiger partial charge is 0.234 e. The van der Waals surface area contributed by atoms with Crippen molar-refractivity contribution in [2.24, 2.45) is 5.92 Å². The number of hydrogen-bond donors (Lipinski definition) is 2. The second-order valence-corrected chi connectivity index (χ2v) is 7.23. The van der Waals surface area contributed by atoms with Crippen molar-refractivity contribution in [2.75, 3.05) is 25.0 Å². The van der Waals surface area contributed by atoms with Crippen molar-refractivity contribution in [3.63, 3.8) is 0 Å². The summed E-state index contributed by atoms with van der Waals surface area (Å²) in [5, 5.41) is 5.93. The quantitative estimate of drug-likeness (QED) is 0.895. The number of nitrogens with one attached hydrogen (secondary N) is 2. The topological polar surface area (TPSA) is 61.4 Å². The summed E-state index contributed by atoms with van der Waals surface area (Å²) in [6, 6.07) is 9.50. The van der Waals surface area contributed by atoms with E-state index in [9.17, 15) is 9.59 Å². The second-order valence-electron chi connectivity index (χ2n) is 7.23. The Bertz CT molecular complexity index is 537. The van der Waals surface area contributed by atoms with Crippen LogP contribution in [0.15, 0.2) is 30.3 Å². The highest BCUT2D eigenvalue weighted by Gasteiger charge is 2.27. The number of anilines is 1. The number of carbonyl (C=O) groups is 2. The van der Waals surface area contributed by atoms with Gasteiger partial charge in [-0.05, 0) is 52.3 Å². The van der Waals surface area contributed by atoms with Crippen molar-refractivity contribution in [1.82, 2.24) is 10.2 Å². The molecule has 1 fully saturated rings. The summed E-state index contributed by atoms with van der Waals surface area (Å²) in [4.78, 5) is 26.5. The van der Waals surface area contributed by atoms with Crippen molar-refractivity contribution in [1.29, 1.82) is 0 Å². The SMILES string of the molecule is CC(C)(C)NC(=O)CN1CCCC(C(=O)Nc2ccccc2)C1. The first-order chi connectivity index (χ1) is 10.8. The number of rotatable bonds is 4. The minimum absolute atomic E-state index is 0.0154. The van der Waals surface area contributed by atoms with Crippen LogP contribution in [0, 0.1) is 5.92 Å². The first kappa shape index (κ1) is 17.5. The van der Waals surface area contributed by atoms with Crippen LogP contribution >= 0.6 is 0 Å². The van der Waals surface area contributed by atoms with Crippen LogP contribution < -0.4 is 10.6 Å². The maximum absolute atomic E-state index is 12.4. The standard InChI is InChI=1S/C18H27N3O2/c1-18(2,3)20-16(22)13-21-11-7-8-14(12-21)17(23)19-15-9-5-4-6-10-15/h4-6,9-10,14H,7-8,11-13H2,1-3H3,(H,19,23)(H,20,22). The number of benzene rings is 1. The third kappa shape index (κ3) is 6.02. The third-order valence-electron chi connectivity index (χ3n) is 3.80. The van der Waals surface area contributed by atoms with E-state index in [1.807, 2.05) is 51.1 Å². The van der Waals surface area contributed by atoms with Crippen LogP contribution in [0.2, 0.25) is 0 Å². The van der Waals surface area contributed by atoms with Gasteiger partial charge in [0.1, 0.15) is 0 Å². The largest absolute Gasteiger partial charge is 0.350 e. The van der Waals surface area contributed by atoms with Gasteiger partial charge in [-0.3, -0.25) is 14.5 Å². The number of carbonyl (C=O) groups excluding carboxylic acids is 2. The normalized spacial score (nSPS) is 19.2. The molecule has 1 saturated heterocycles. The van der Waals surface area contributed by atoms with Crippen molar-refractivity contribution >= 4 is 17.5 Å². The fourth-order valence-electron chi connectivity index (χ4n) is 2.84. The first-order valence-corrected chi connectivity index (χ1v) is 8.23. The molecule has 0 radical (unpaired) electrons. The predicted octanol–water partition coefficient (Wildman–Crippen LogP) is 2.25. The Morgan fingerprint density at radius 3 is 2.57 bits per heavy atom. The lowest BCUT2D eigenvalue weighted by molar-refractivity contribution is -0.126. The molecular weight excluding hydrogens is 290 g/mol. The highest BCUT2D eigenvalue weighted by molar-refractivity contribution is 5.92. The summed E-state index contributed by atoms with van der Waals surface area (Å²) in [6.07, 6.45) is 1.81. The summed E-state index contributed by atoms with van der Waals surface area (Å²) in [7, 11) is 0. The number of amides is 2. The average Bonchev–Trinajstić information content (AvgIpc) is 2.46. The molecule has 2 amide bonds. The average molecular weight is 317 g/mol. The van der Waals surface area contributed by atoms with Crippen molar-refractivity contribution < 1.29 is 9.59 Å². The highest BCUT2D eigenvalue weighted by Crippen LogP contribution is 2.18. The number of piperidine rings is 1. The lowest BCUT2D eigenvalue weighted by Gasteiger charge is -2.32. The molecule has 126 valence electrons. The molecule has 1 aliphatic heterocycles. The molecule has 23 heavy (non-hydrogen) atoms. The zero-order valence-electron chi connectivity index (χ0n) is 14.3. The zero-order valence-corrected chi connectivity index (χ0v) is 14.3. The molecule has 1 aromatic carbocycles. The minimum atomic E-state index is -0.225. The molecular formula is C18H27N3O2. The fourth-order valence-corrected chi connectivity index (χ4v) is 2.84. The van der Waals surface area contributed by atoms with Crippen LogP contribution in [0.3, 0.4) is 0 Å². The number of para-hydroxylation sites is 1. The molecule has 0 bridgehead atoms. The molecule has 2 N–H and O–H groups in total. The van der Waals surface area contributed by atoms with Gasteiger partial charge in [0, 0.05) is 17.8 Å². The van der Waals surface area contributed by atoms with Crippen LogP contribution in [-0.2, 0) is 9.59 Å². The van der Waals surface area contributed by atoms with Gasteiger partial charge < -0.3 is 10.6 Å². The van der Waals surface area contributed by atoms with E-state index in [4.69, 9.17) is 0 Å². The van der Waals surface area contributed by atoms with Gasteiger partial charge >= 0.3 is 0 Å². The fraction of sp³-hybridized carbons (Fsp3) is 0.556. The molecule has 1 aliphatic rings. The number of nitrogens with zero attached hydrogens (tertiary/aromatic N) is 1. The molecule has 0 aromatic heterocycles. The Hall–Kier alpha value is -1.88. The van der Waals surface area contributed by atoms with Gasteiger partial charge in [-0.1, -0.05) is 18.2 Å². The molecule has 2 rings (SSSR count). The van der Waals surface area contributed by atoms with Crippen LogP contribution in [-0.4, -0.2) is 41.9 Å². The summed E-state index contributed by atoms with van der Waals surface area (Å²) in [6.45, 7) is 7.76. The van der Waals surface area contributed by atoms with Crippen LogP contribution in [0.1, 0.15) is 33.6 Å².